The molecule has 2 aromatic rings. The van der Waals surface area contributed by atoms with Gasteiger partial charge in [0.1, 0.15) is 6.04 Å². The lowest BCUT2D eigenvalue weighted by molar-refractivity contribution is -0.139. The first-order chi connectivity index (χ1) is 10.6. The summed E-state index contributed by atoms with van der Waals surface area (Å²) in [6.45, 7) is 0. The molecule has 0 aliphatic carbocycles. The molecule has 0 saturated heterocycles. The van der Waals surface area contributed by atoms with Crippen molar-refractivity contribution in [2.75, 3.05) is 0 Å². The summed E-state index contributed by atoms with van der Waals surface area (Å²) in [5.74, 6) is 3.63. The summed E-state index contributed by atoms with van der Waals surface area (Å²) < 4.78 is 0. The van der Waals surface area contributed by atoms with Gasteiger partial charge in [0, 0.05) is 6.42 Å². The molecule has 0 saturated carbocycles. The van der Waals surface area contributed by atoms with Crippen LogP contribution in [-0.2, 0) is 11.2 Å². The molecule has 0 fully saturated rings. The molecule has 0 bridgehead atoms. The first-order valence-electron chi connectivity index (χ1n) is 6.65. The third kappa shape index (κ3) is 3.83. The van der Waals surface area contributed by atoms with Crippen molar-refractivity contribution >= 4 is 11.9 Å². The van der Waals surface area contributed by atoms with E-state index in [0.717, 1.165) is 5.56 Å². The van der Waals surface area contributed by atoms with Gasteiger partial charge in [-0.2, -0.15) is 5.90 Å². The number of nitrogens with one attached hydrogen (secondary N) is 1. The van der Waals surface area contributed by atoms with E-state index in [4.69, 9.17) is 5.90 Å². The lowest BCUT2D eigenvalue weighted by Crippen LogP contribution is -2.42. The maximum absolute atomic E-state index is 12.2. The van der Waals surface area contributed by atoms with E-state index < -0.39 is 17.9 Å². The minimum absolute atomic E-state index is 0.184. The molecular formula is C16H16N2O4. The molecule has 2 aromatic carbocycles. The van der Waals surface area contributed by atoms with Crippen LogP contribution in [-0.4, -0.2) is 23.0 Å². The Hall–Kier alpha value is -2.86. The maximum atomic E-state index is 12.2. The van der Waals surface area contributed by atoms with Crippen LogP contribution in [0.15, 0.2) is 54.6 Å². The number of rotatable bonds is 6. The zero-order chi connectivity index (χ0) is 15.9. The molecule has 1 unspecified atom stereocenters. The molecule has 114 valence electrons. The topological polar surface area (TPSA) is 102 Å². The Morgan fingerprint density at radius 3 is 2.36 bits per heavy atom. The minimum atomic E-state index is -1.11. The van der Waals surface area contributed by atoms with Crippen LogP contribution in [0.2, 0.25) is 0 Å². The Kier molecular flexibility index (Phi) is 5.11. The number of nitrogens with two attached hydrogens (primary N) is 1. The number of aliphatic carboxylic acids is 1. The van der Waals surface area contributed by atoms with E-state index in [2.05, 4.69) is 10.2 Å². The monoisotopic (exact) mass is 300 g/mol. The number of para-hydroxylation sites is 1. The molecule has 0 heterocycles. The summed E-state index contributed by atoms with van der Waals surface area (Å²) in [4.78, 5) is 28.2. The molecular weight excluding hydrogens is 284 g/mol. The Labute approximate surface area is 127 Å². The highest BCUT2D eigenvalue weighted by molar-refractivity contribution is 5.98. The first-order valence-corrected chi connectivity index (χ1v) is 6.65. The van der Waals surface area contributed by atoms with Crippen LogP contribution in [0.3, 0.4) is 0 Å². The second-order valence-electron chi connectivity index (χ2n) is 4.67. The molecule has 0 radical (unpaired) electrons. The average molecular weight is 300 g/mol. The van der Waals surface area contributed by atoms with Crippen molar-refractivity contribution in [3.05, 3.63) is 65.7 Å². The minimum Gasteiger partial charge on any atom is -0.480 e. The summed E-state index contributed by atoms with van der Waals surface area (Å²) in [7, 11) is 0. The number of hydrogen-bond donors (Lipinski definition) is 3. The number of hydrogen-bond acceptors (Lipinski definition) is 4. The summed E-state index contributed by atoms with van der Waals surface area (Å²) in [6, 6.07) is 14.4. The van der Waals surface area contributed by atoms with Crippen LogP contribution < -0.4 is 16.1 Å². The maximum Gasteiger partial charge on any atom is 0.326 e. The van der Waals surface area contributed by atoms with E-state index in [1.54, 1.807) is 24.3 Å². The zero-order valence-electron chi connectivity index (χ0n) is 11.7. The summed E-state index contributed by atoms with van der Waals surface area (Å²) >= 11 is 0. The predicted molar refractivity (Wildman–Crippen MR) is 80.3 cm³/mol. The molecule has 6 nitrogen and oxygen atoms in total. The van der Waals surface area contributed by atoms with Gasteiger partial charge < -0.3 is 15.3 Å². The highest BCUT2D eigenvalue weighted by Crippen LogP contribution is 2.16. The van der Waals surface area contributed by atoms with Crippen molar-refractivity contribution in [1.82, 2.24) is 5.32 Å². The zero-order valence-corrected chi connectivity index (χ0v) is 11.7. The first kappa shape index (κ1) is 15.5. The molecule has 0 spiro atoms. The highest BCUT2D eigenvalue weighted by atomic mass is 16.6. The third-order valence-corrected chi connectivity index (χ3v) is 3.14. The standard InChI is InChI=1S/C16H16N2O4/c17-22-14-9-5-4-8-12(14)15(19)18-13(16(20)21)10-11-6-2-1-3-7-11/h1-9,13H,10,17H2,(H,18,19)(H,20,21). The third-order valence-electron chi connectivity index (χ3n) is 3.14. The van der Waals surface area contributed by atoms with Gasteiger partial charge in [-0.15, -0.1) is 0 Å². The molecule has 0 aliphatic rings. The van der Waals surface area contributed by atoms with Crippen LogP contribution >= 0.6 is 0 Å². The molecule has 1 amide bonds. The molecule has 2 rings (SSSR count). The Balaban J connectivity index is 2.14. The quantitative estimate of drug-likeness (QED) is 0.699. The predicted octanol–water partition coefficient (Wildman–Crippen LogP) is 1.36. The van der Waals surface area contributed by atoms with E-state index >= 15 is 0 Å². The molecule has 22 heavy (non-hydrogen) atoms. The van der Waals surface area contributed by atoms with Gasteiger partial charge in [0.2, 0.25) is 0 Å². The summed E-state index contributed by atoms with van der Waals surface area (Å²) in [5.41, 5.74) is 1.00. The average Bonchev–Trinajstić information content (AvgIpc) is 2.55. The number of carbonyl (C=O) groups is 2. The fraction of sp³-hybridized carbons (Fsp3) is 0.125. The van der Waals surface area contributed by atoms with Crippen LogP contribution in [0, 0.1) is 0 Å². The fourth-order valence-electron chi connectivity index (χ4n) is 2.04. The van der Waals surface area contributed by atoms with Crippen LogP contribution in [0.5, 0.6) is 5.75 Å². The molecule has 0 aliphatic heterocycles. The SMILES string of the molecule is NOc1ccccc1C(=O)NC(Cc1ccccc1)C(=O)O. The molecule has 0 aromatic heterocycles. The van der Waals surface area contributed by atoms with E-state index in [1.165, 1.54) is 12.1 Å². The summed E-state index contributed by atoms with van der Waals surface area (Å²) in [5, 5.41) is 11.8. The molecule has 1 atom stereocenters. The fourth-order valence-corrected chi connectivity index (χ4v) is 2.04. The smallest absolute Gasteiger partial charge is 0.326 e. The number of amides is 1. The normalized spacial score (nSPS) is 11.5. The Bertz CT molecular complexity index is 658. The summed E-state index contributed by atoms with van der Waals surface area (Å²) in [6.07, 6.45) is 0.188. The number of carboxylic acid groups (broad SMARTS) is 1. The van der Waals surface area contributed by atoms with Gasteiger partial charge in [-0.3, -0.25) is 4.79 Å². The van der Waals surface area contributed by atoms with Gasteiger partial charge in [0.15, 0.2) is 5.75 Å². The molecule has 6 heteroatoms. The van der Waals surface area contributed by atoms with Gasteiger partial charge in [-0.1, -0.05) is 42.5 Å². The second kappa shape index (κ2) is 7.24. The van der Waals surface area contributed by atoms with E-state index in [1.807, 2.05) is 18.2 Å². The van der Waals surface area contributed by atoms with Crippen molar-refractivity contribution in [2.45, 2.75) is 12.5 Å². The van der Waals surface area contributed by atoms with Crippen molar-refractivity contribution < 1.29 is 19.5 Å². The Morgan fingerprint density at radius 2 is 1.73 bits per heavy atom. The van der Waals surface area contributed by atoms with Gasteiger partial charge in [-0.05, 0) is 17.7 Å². The van der Waals surface area contributed by atoms with Crippen LogP contribution in [0.4, 0.5) is 0 Å². The van der Waals surface area contributed by atoms with E-state index in [-0.39, 0.29) is 17.7 Å². The lowest BCUT2D eigenvalue weighted by atomic mass is 10.1. The van der Waals surface area contributed by atoms with Crippen molar-refractivity contribution in [3.63, 3.8) is 0 Å². The van der Waals surface area contributed by atoms with Gasteiger partial charge in [0.05, 0.1) is 5.56 Å². The number of benzene rings is 2. The van der Waals surface area contributed by atoms with Crippen LogP contribution in [0.1, 0.15) is 15.9 Å². The van der Waals surface area contributed by atoms with Gasteiger partial charge in [-0.25, -0.2) is 4.79 Å². The number of carbonyl (C=O) groups excluding carboxylic acids is 1. The Morgan fingerprint density at radius 1 is 1.09 bits per heavy atom. The van der Waals surface area contributed by atoms with Crippen LogP contribution in [0.25, 0.3) is 0 Å². The highest BCUT2D eigenvalue weighted by Gasteiger charge is 2.22. The van der Waals surface area contributed by atoms with Crippen molar-refractivity contribution in [1.29, 1.82) is 0 Å². The van der Waals surface area contributed by atoms with E-state index in [0.29, 0.717) is 0 Å². The van der Waals surface area contributed by atoms with Gasteiger partial charge >= 0.3 is 5.97 Å². The number of carboxylic acids is 1. The van der Waals surface area contributed by atoms with Crippen molar-refractivity contribution in [3.8, 4) is 5.75 Å². The second-order valence-corrected chi connectivity index (χ2v) is 4.67. The van der Waals surface area contributed by atoms with E-state index in [9.17, 15) is 14.7 Å². The largest absolute Gasteiger partial charge is 0.480 e. The molecule has 4 N–H and O–H groups in total. The lowest BCUT2D eigenvalue weighted by Gasteiger charge is -2.15. The van der Waals surface area contributed by atoms with Gasteiger partial charge in [0.25, 0.3) is 5.91 Å². The van der Waals surface area contributed by atoms with Crippen molar-refractivity contribution in [2.24, 2.45) is 5.90 Å².